The number of Topliss-reactive ketones (excluding diaryl/α,β-unsaturated/α-hetero) is 3. The second kappa shape index (κ2) is 20.8. The van der Waals surface area contributed by atoms with Crippen molar-refractivity contribution in [2.75, 3.05) is 0 Å². The minimum Gasteiger partial charge on any atom is -0.300 e. The summed E-state index contributed by atoms with van der Waals surface area (Å²) in [4.78, 5) is 50.4. The van der Waals surface area contributed by atoms with Crippen LogP contribution in [0.2, 0.25) is 0 Å². The number of alkyl halides is 3. The van der Waals surface area contributed by atoms with E-state index >= 15 is 0 Å². The van der Waals surface area contributed by atoms with Gasteiger partial charge in [-0.15, -0.1) is 0 Å². The molecule has 1 atom stereocenters. The van der Waals surface area contributed by atoms with Crippen LogP contribution in [0.4, 0.5) is 13.2 Å². The Bertz CT molecular complexity index is 2060. The van der Waals surface area contributed by atoms with E-state index in [-0.39, 0.29) is 47.7 Å². The van der Waals surface area contributed by atoms with Crippen molar-refractivity contribution in [3.63, 3.8) is 0 Å². The first-order chi connectivity index (χ1) is 27.1. The number of carbonyl (C=O) groups is 4. The van der Waals surface area contributed by atoms with Gasteiger partial charge in [-0.1, -0.05) is 147 Å². The largest absolute Gasteiger partial charge is 0.416 e. The highest BCUT2D eigenvalue weighted by Crippen LogP contribution is 2.49. The fourth-order valence-corrected chi connectivity index (χ4v) is 7.09. The van der Waals surface area contributed by atoms with E-state index in [1.807, 2.05) is 13.8 Å². The Morgan fingerprint density at radius 2 is 1.46 bits per heavy atom. The molecule has 2 aliphatic carbocycles. The highest BCUT2D eigenvalue weighted by Gasteiger charge is 2.46. The van der Waals surface area contributed by atoms with Crippen LogP contribution in [0.25, 0.3) is 16.7 Å². The Labute approximate surface area is 338 Å². The molecule has 0 radical (unpaired) electrons. The van der Waals surface area contributed by atoms with E-state index in [1.165, 1.54) is 55.5 Å². The summed E-state index contributed by atoms with van der Waals surface area (Å²) in [6, 6.07) is 24.5. The minimum absolute atomic E-state index is 0. The standard InChI is InChI=1S/C29H25F3O3.C16H18O.C3H8.C2H6.H2/c1-17(2)27(34)26-16-20(15-18(3)33)9-14-23(26)19(4)28(35)25-8-6-5-7-24(25)21-10-12-22(13-11-21)29(30,31)32;1-2-15(17)16(11-12-7-8-12)10-9-13-5-3-4-6-14(13)16;1-3-2;1-2;/h5-14,16-17H,4,15H2,1-3H3;2-6,12H,1,7-11H2;3H2,1-2H3;1-2H3;1H. The van der Waals surface area contributed by atoms with Crippen LogP contribution in [-0.4, -0.2) is 23.1 Å². The number of aryl methyl sites for hydroxylation is 1. The zero-order valence-electron chi connectivity index (χ0n) is 34.5. The number of fused-ring (bicyclic) bond motifs is 1. The van der Waals surface area contributed by atoms with Crippen LogP contribution in [0.3, 0.4) is 0 Å². The van der Waals surface area contributed by atoms with Crippen LogP contribution in [0.5, 0.6) is 0 Å². The maximum atomic E-state index is 13.5. The lowest BCUT2D eigenvalue weighted by molar-refractivity contribution is -0.137. The molecule has 0 bridgehead atoms. The molecule has 0 spiro atoms. The Kier molecular flexibility index (Phi) is 16.9. The molecule has 304 valence electrons. The van der Waals surface area contributed by atoms with Crippen molar-refractivity contribution in [1.82, 2.24) is 0 Å². The third-order valence-electron chi connectivity index (χ3n) is 9.97. The van der Waals surface area contributed by atoms with E-state index in [2.05, 4.69) is 51.3 Å². The van der Waals surface area contributed by atoms with Crippen LogP contribution in [-0.2, 0) is 34.0 Å². The number of ketones is 4. The van der Waals surface area contributed by atoms with Crippen LogP contribution in [0, 0.1) is 11.8 Å². The molecular weight excluding hydrogens is 722 g/mol. The Balaban J connectivity index is 0.000000418. The number of rotatable bonds is 12. The van der Waals surface area contributed by atoms with E-state index in [0.717, 1.165) is 37.3 Å². The van der Waals surface area contributed by atoms with Crippen molar-refractivity contribution in [2.45, 2.75) is 105 Å². The fourth-order valence-electron chi connectivity index (χ4n) is 7.09. The molecule has 0 aliphatic heterocycles. The number of halogens is 3. The van der Waals surface area contributed by atoms with E-state index < -0.39 is 17.5 Å². The van der Waals surface area contributed by atoms with Gasteiger partial charge in [-0.25, -0.2) is 0 Å². The molecule has 0 N–H and O–H groups in total. The van der Waals surface area contributed by atoms with E-state index in [4.69, 9.17) is 0 Å². The quantitative estimate of drug-likeness (QED) is 0.106. The molecule has 0 heterocycles. The molecule has 57 heavy (non-hydrogen) atoms. The molecule has 1 fully saturated rings. The average Bonchev–Trinajstić information content (AvgIpc) is 3.95. The van der Waals surface area contributed by atoms with Gasteiger partial charge < -0.3 is 0 Å². The van der Waals surface area contributed by atoms with E-state index in [1.54, 1.807) is 56.3 Å². The van der Waals surface area contributed by atoms with Crippen molar-refractivity contribution in [2.24, 2.45) is 11.8 Å². The summed E-state index contributed by atoms with van der Waals surface area (Å²) >= 11 is 0. The topological polar surface area (TPSA) is 68.3 Å². The number of allylic oxidation sites excluding steroid dienone is 2. The number of hydrogen-bond donors (Lipinski definition) is 0. The van der Waals surface area contributed by atoms with Crippen molar-refractivity contribution in [1.29, 1.82) is 0 Å². The van der Waals surface area contributed by atoms with E-state index in [0.29, 0.717) is 27.8 Å². The number of benzene rings is 4. The molecule has 4 aromatic rings. The average molecular weight is 781 g/mol. The van der Waals surface area contributed by atoms with Crippen molar-refractivity contribution < 1.29 is 33.8 Å². The molecule has 6 rings (SSSR count). The maximum Gasteiger partial charge on any atom is 0.416 e. The van der Waals surface area contributed by atoms with Crippen molar-refractivity contribution in [3.05, 3.63) is 149 Å². The first-order valence-electron chi connectivity index (χ1n) is 20.0. The molecule has 4 aromatic carbocycles. The van der Waals surface area contributed by atoms with Crippen LogP contribution in [0.1, 0.15) is 131 Å². The number of carbonyl (C=O) groups excluding carboxylic acids is 4. The summed E-state index contributed by atoms with van der Waals surface area (Å²) in [6.07, 6.45) is 4.14. The van der Waals surface area contributed by atoms with E-state index in [9.17, 15) is 32.3 Å². The van der Waals surface area contributed by atoms with Gasteiger partial charge in [-0.2, -0.15) is 13.2 Å². The molecule has 1 saturated carbocycles. The summed E-state index contributed by atoms with van der Waals surface area (Å²) in [6.45, 7) is 20.9. The summed E-state index contributed by atoms with van der Waals surface area (Å²) in [5.74, 6) is -0.0304. The Morgan fingerprint density at radius 1 is 0.860 bits per heavy atom. The smallest absolute Gasteiger partial charge is 0.300 e. The first-order valence-corrected chi connectivity index (χ1v) is 20.0. The van der Waals surface area contributed by atoms with Crippen molar-refractivity contribution in [3.8, 4) is 11.1 Å². The van der Waals surface area contributed by atoms with Crippen molar-refractivity contribution >= 4 is 28.7 Å². The molecule has 1 unspecified atom stereocenters. The molecule has 4 nitrogen and oxygen atoms in total. The van der Waals surface area contributed by atoms with Gasteiger partial charge in [0.25, 0.3) is 0 Å². The molecular formula is C50H59F3O4. The van der Waals surface area contributed by atoms with Crippen LogP contribution >= 0.6 is 0 Å². The summed E-state index contributed by atoms with van der Waals surface area (Å²) in [5.41, 5.74) is 4.21. The number of hydrogen-bond acceptors (Lipinski definition) is 4. The second-order valence-electron chi connectivity index (χ2n) is 14.9. The first kappa shape index (κ1) is 46.2. The van der Waals surface area contributed by atoms with Gasteiger partial charge in [0.2, 0.25) is 0 Å². The minimum atomic E-state index is -4.46. The Morgan fingerprint density at radius 3 is 2.02 bits per heavy atom. The van der Waals surface area contributed by atoms with Gasteiger partial charge in [0, 0.05) is 30.5 Å². The third-order valence-corrected chi connectivity index (χ3v) is 9.97. The summed E-state index contributed by atoms with van der Waals surface area (Å²) in [7, 11) is 0. The summed E-state index contributed by atoms with van der Waals surface area (Å²) in [5, 5.41) is 0. The Hall–Kier alpha value is -5.17. The molecule has 0 amide bonds. The zero-order valence-corrected chi connectivity index (χ0v) is 34.5. The normalized spacial score (nSPS) is 15.4. The third kappa shape index (κ3) is 11.7. The second-order valence-corrected chi connectivity index (χ2v) is 14.9. The molecule has 0 saturated heterocycles. The lowest BCUT2D eigenvalue weighted by Crippen LogP contribution is -2.32. The maximum absolute atomic E-state index is 13.5. The zero-order chi connectivity index (χ0) is 42.5. The SMILES string of the molecule is C=C(C(=O)c1ccccc1-c1ccc(C(F)(F)F)cc1)c1ccc(CC(C)=O)cc1C(=O)C(C)C.C=CC(=O)C1(CC2CC2)CCc2ccccc21.CC.CCC.[HH]. The van der Waals surface area contributed by atoms with Gasteiger partial charge in [-0.05, 0) is 89.8 Å². The van der Waals surface area contributed by atoms with Gasteiger partial charge in [0.15, 0.2) is 17.3 Å². The predicted octanol–water partition coefficient (Wildman–Crippen LogP) is 13.4. The summed E-state index contributed by atoms with van der Waals surface area (Å²) < 4.78 is 38.9. The molecule has 0 aromatic heterocycles. The molecule has 7 heteroatoms. The highest BCUT2D eigenvalue weighted by molar-refractivity contribution is 6.31. The monoisotopic (exact) mass is 780 g/mol. The van der Waals surface area contributed by atoms with Gasteiger partial charge >= 0.3 is 6.18 Å². The van der Waals surface area contributed by atoms with Crippen LogP contribution < -0.4 is 0 Å². The fraction of sp³-hybridized carbons (Fsp3) is 0.360. The van der Waals surface area contributed by atoms with Gasteiger partial charge in [0.1, 0.15) is 5.78 Å². The lowest BCUT2D eigenvalue weighted by atomic mass is 9.73. The van der Waals surface area contributed by atoms with Gasteiger partial charge in [0.05, 0.1) is 11.0 Å². The van der Waals surface area contributed by atoms with Gasteiger partial charge in [-0.3, -0.25) is 19.2 Å². The predicted molar refractivity (Wildman–Crippen MR) is 229 cm³/mol. The lowest BCUT2D eigenvalue weighted by Gasteiger charge is -2.27. The molecule has 2 aliphatic rings. The highest BCUT2D eigenvalue weighted by atomic mass is 19.4. The van der Waals surface area contributed by atoms with Crippen LogP contribution in [0.15, 0.2) is 110 Å².